The summed E-state index contributed by atoms with van der Waals surface area (Å²) >= 11 is 5.98. The van der Waals surface area contributed by atoms with Crippen LogP contribution in [0, 0.1) is 0 Å². The van der Waals surface area contributed by atoms with Gasteiger partial charge in [0.25, 0.3) is 0 Å². The number of benzene rings is 3. The molecule has 3 rings (SSSR count). The molecule has 0 spiro atoms. The molecule has 1 atom stereocenters. The molecule has 3 heteroatoms. The van der Waals surface area contributed by atoms with E-state index in [0.29, 0.717) is 11.4 Å². The van der Waals surface area contributed by atoms with E-state index in [1.807, 2.05) is 54.6 Å². The smallest absolute Gasteiger partial charge is 0.119 e. The molecular weight excluding hydrogens is 308 g/mol. The molecule has 0 saturated carbocycles. The van der Waals surface area contributed by atoms with Gasteiger partial charge in [-0.25, -0.2) is 0 Å². The summed E-state index contributed by atoms with van der Waals surface area (Å²) < 4.78 is 0. The third-order valence-electron chi connectivity index (χ3n) is 3.97. The number of hydrogen-bond donors (Lipinski definition) is 2. The predicted molar refractivity (Wildman–Crippen MR) is 92.7 cm³/mol. The average Bonchev–Trinajstić information content (AvgIpc) is 2.58. The molecular formula is C20H17ClO2. The van der Waals surface area contributed by atoms with E-state index in [9.17, 15) is 10.2 Å². The number of aromatic hydroxyl groups is 1. The Morgan fingerprint density at radius 2 is 1.30 bits per heavy atom. The largest absolute Gasteiger partial charge is 0.508 e. The lowest BCUT2D eigenvalue weighted by molar-refractivity contribution is 0.0811. The van der Waals surface area contributed by atoms with Gasteiger partial charge in [0.15, 0.2) is 0 Å². The van der Waals surface area contributed by atoms with Crippen molar-refractivity contribution >= 4 is 11.6 Å². The molecule has 0 saturated heterocycles. The topological polar surface area (TPSA) is 40.5 Å². The molecule has 3 aromatic carbocycles. The minimum Gasteiger partial charge on any atom is -0.508 e. The van der Waals surface area contributed by atoms with Crippen LogP contribution in [0.5, 0.6) is 5.75 Å². The summed E-state index contributed by atoms with van der Waals surface area (Å²) in [5.41, 5.74) is 1.36. The normalized spacial score (nSPS) is 13.5. The molecule has 0 aliphatic heterocycles. The van der Waals surface area contributed by atoms with Crippen LogP contribution < -0.4 is 0 Å². The Balaban J connectivity index is 2.06. The van der Waals surface area contributed by atoms with Crippen molar-refractivity contribution in [3.05, 3.63) is 101 Å². The Kier molecular flexibility index (Phi) is 4.37. The van der Waals surface area contributed by atoms with Crippen LogP contribution in [0.4, 0.5) is 0 Å². The van der Waals surface area contributed by atoms with Crippen LogP contribution in [0.1, 0.15) is 16.7 Å². The van der Waals surface area contributed by atoms with E-state index in [4.69, 9.17) is 11.6 Å². The van der Waals surface area contributed by atoms with E-state index >= 15 is 0 Å². The van der Waals surface area contributed by atoms with Crippen LogP contribution in [-0.2, 0) is 12.0 Å². The van der Waals surface area contributed by atoms with E-state index in [0.717, 1.165) is 16.7 Å². The minimum absolute atomic E-state index is 0.212. The zero-order valence-electron chi connectivity index (χ0n) is 12.5. The lowest BCUT2D eigenvalue weighted by Crippen LogP contribution is -2.30. The Morgan fingerprint density at radius 1 is 0.739 bits per heavy atom. The molecule has 0 bridgehead atoms. The number of halogens is 1. The fraction of sp³-hybridized carbons (Fsp3) is 0.100. The van der Waals surface area contributed by atoms with Crippen LogP contribution in [0.25, 0.3) is 0 Å². The van der Waals surface area contributed by atoms with Crippen LogP contribution in [0.3, 0.4) is 0 Å². The van der Waals surface area contributed by atoms with Gasteiger partial charge in [0.1, 0.15) is 11.4 Å². The van der Waals surface area contributed by atoms with E-state index < -0.39 is 5.60 Å². The van der Waals surface area contributed by atoms with Gasteiger partial charge < -0.3 is 10.2 Å². The second-order valence-electron chi connectivity index (χ2n) is 5.58. The van der Waals surface area contributed by atoms with Crippen molar-refractivity contribution in [3.8, 4) is 5.75 Å². The first-order valence-electron chi connectivity index (χ1n) is 7.40. The van der Waals surface area contributed by atoms with Gasteiger partial charge in [-0.05, 0) is 41.0 Å². The van der Waals surface area contributed by atoms with Crippen LogP contribution in [-0.4, -0.2) is 10.2 Å². The highest BCUT2D eigenvalue weighted by Crippen LogP contribution is 2.34. The zero-order valence-corrected chi connectivity index (χ0v) is 13.2. The van der Waals surface area contributed by atoms with E-state index in [-0.39, 0.29) is 5.75 Å². The fourth-order valence-electron chi connectivity index (χ4n) is 2.72. The summed E-state index contributed by atoms with van der Waals surface area (Å²) in [7, 11) is 0. The van der Waals surface area contributed by atoms with Crippen molar-refractivity contribution in [3.63, 3.8) is 0 Å². The Bertz CT molecular complexity index is 767. The van der Waals surface area contributed by atoms with Crippen molar-refractivity contribution in [2.24, 2.45) is 0 Å². The monoisotopic (exact) mass is 324 g/mol. The van der Waals surface area contributed by atoms with Crippen molar-refractivity contribution in [2.45, 2.75) is 12.0 Å². The average molecular weight is 325 g/mol. The van der Waals surface area contributed by atoms with Crippen molar-refractivity contribution in [2.75, 3.05) is 0 Å². The maximum absolute atomic E-state index is 11.5. The molecule has 0 fully saturated rings. The first-order valence-corrected chi connectivity index (χ1v) is 7.77. The van der Waals surface area contributed by atoms with Gasteiger partial charge in [-0.3, -0.25) is 0 Å². The molecule has 23 heavy (non-hydrogen) atoms. The molecule has 0 heterocycles. The maximum atomic E-state index is 11.5. The quantitative estimate of drug-likeness (QED) is 0.740. The SMILES string of the molecule is Oc1ccc(CC(O)(c2ccccc2)c2ccc(Cl)cc2)cc1. The lowest BCUT2D eigenvalue weighted by Gasteiger charge is -2.30. The van der Waals surface area contributed by atoms with Crippen molar-refractivity contribution in [1.82, 2.24) is 0 Å². The second-order valence-corrected chi connectivity index (χ2v) is 6.01. The number of aliphatic hydroxyl groups is 1. The molecule has 2 nitrogen and oxygen atoms in total. The summed E-state index contributed by atoms with van der Waals surface area (Å²) in [6.07, 6.45) is 0.402. The Morgan fingerprint density at radius 3 is 1.91 bits per heavy atom. The standard InChI is InChI=1S/C20H17ClO2/c21-18-10-8-17(9-11-18)20(23,16-4-2-1-3-5-16)14-15-6-12-19(22)13-7-15/h1-13,22-23H,14H2. The zero-order chi connectivity index (χ0) is 16.3. The molecule has 0 amide bonds. The van der Waals surface area contributed by atoms with E-state index in [1.165, 1.54) is 0 Å². The van der Waals surface area contributed by atoms with Gasteiger partial charge in [-0.15, -0.1) is 0 Å². The summed E-state index contributed by atoms with van der Waals surface area (Å²) in [6, 6.07) is 23.7. The van der Waals surface area contributed by atoms with Crippen LogP contribution in [0.15, 0.2) is 78.9 Å². The first kappa shape index (κ1) is 15.6. The Labute approximate surface area is 140 Å². The van der Waals surface area contributed by atoms with Crippen LogP contribution >= 0.6 is 11.6 Å². The summed E-state index contributed by atoms with van der Waals surface area (Å²) in [5.74, 6) is 0.212. The van der Waals surface area contributed by atoms with Crippen molar-refractivity contribution < 1.29 is 10.2 Å². The fourth-order valence-corrected chi connectivity index (χ4v) is 2.85. The van der Waals surface area contributed by atoms with Gasteiger partial charge in [-0.2, -0.15) is 0 Å². The predicted octanol–water partition coefficient (Wildman–Crippen LogP) is 4.52. The molecule has 3 aromatic rings. The number of phenols is 1. The number of phenolic OH excluding ortho intramolecular Hbond substituents is 1. The molecule has 116 valence electrons. The summed E-state index contributed by atoms with van der Waals surface area (Å²) in [4.78, 5) is 0. The molecule has 2 N–H and O–H groups in total. The van der Waals surface area contributed by atoms with Gasteiger partial charge >= 0.3 is 0 Å². The molecule has 0 aliphatic rings. The highest BCUT2D eigenvalue weighted by Gasteiger charge is 2.31. The second kappa shape index (κ2) is 6.45. The van der Waals surface area contributed by atoms with Crippen molar-refractivity contribution in [1.29, 1.82) is 0 Å². The van der Waals surface area contributed by atoms with Gasteiger partial charge in [0.2, 0.25) is 0 Å². The molecule has 0 aromatic heterocycles. The third kappa shape index (κ3) is 3.39. The lowest BCUT2D eigenvalue weighted by atomic mass is 9.81. The molecule has 0 radical (unpaired) electrons. The van der Waals surface area contributed by atoms with Gasteiger partial charge in [0, 0.05) is 11.4 Å². The number of hydrogen-bond acceptors (Lipinski definition) is 2. The van der Waals surface area contributed by atoms with Crippen LogP contribution in [0.2, 0.25) is 5.02 Å². The highest BCUT2D eigenvalue weighted by atomic mass is 35.5. The summed E-state index contributed by atoms with van der Waals surface area (Å²) in [5, 5.41) is 21.5. The molecule has 0 aliphatic carbocycles. The van der Waals surface area contributed by atoms with E-state index in [2.05, 4.69) is 0 Å². The highest BCUT2D eigenvalue weighted by molar-refractivity contribution is 6.30. The van der Waals surface area contributed by atoms with E-state index in [1.54, 1.807) is 24.3 Å². The number of rotatable bonds is 4. The first-order chi connectivity index (χ1) is 11.1. The molecule has 1 unspecified atom stereocenters. The van der Waals surface area contributed by atoms with Gasteiger partial charge in [0.05, 0.1) is 0 Å². The van der Waals surface area contributed by atoms with Gasteiger partial charge in [-0.1, -0.05) is 66.2 Å². The Hall–Kier alpha value is -2.29. The maximum Gasteiger partial charge on any atom is 0.119 e. The minimum atomic E-state index is -1.16. The summed E-state index contributed by atoms with van der Waals surface area (Å²) in [6.45, 7) is 0. The third-order valence-corrected chi connectivity index (χ3v) is 4.22.